The highest BCUT2D eigenvalue weighted by Crippen LogP contribution is 2.09. The van der Waals surface area contributed by atoms with Crippen molar-refractivity contribution in [3.8, 4) is 0 Å². The minimum absolute atomic E-state index is 0.107. The molecule has 2 heteroatoms. The summed E-state index contributed by atoms with van der Waals surface area (Å²) in [5, 5.41) is 8.91. The lowest BCUT2D eigenvalue weighted by atomic mass is 10.0. The topological polar surface area (TPSA) is 33.1 Å². The summed E-state index contributed by atoms with van der Waals surface area (Å²) in [6, 6.07) is 12.0. The Labute approximate surface area is 89.2 Å². The molecule has 0 aliphatic heterocycles. The van der Waals surface area contributed by atoms with Gasteiger partial charge in [0.15, 0.2) is 0 Å². The highest BCUT2D eigenvalue weighted by atomic mass is 16.3. The fourth-order valence-electron chi connectivity index (χ4n) is 1.50. The van der Waals surface area contributed by atoms with E-state index in [0.717, 1.165) is 12.0 Å². The van der Waals surface area contributed by atoms with Gasteiger partial charge in [-0.3, -0.25) is 4.98 Å². The molecule has 1 N–H and O–H groups in total. The van der Waals surface area contributed by atoms with Gasteiger partial charge in [0.05, 0.1) is 6.61 Å². The van der Waals surface area contributed by atoms with Crippen LogP contribution in [0.3, 0.4) is 0 Å². The van der Waals surface area contributed by atoms with Gasteiger partial charge >= 0.3 is 0 Å². The van der Waals surface area contributed by atoms with Crippen LogP contribution >= 0.6 is 0 Å². The zero-order valence-corrected chi connectivity index (χ0v) is 8.43. The molecule has 0 spiro atoms. The number of pyridine rings is 1. The summed E-state index contributed by atoms with van der Waals surface area (Å²) in [5.41, 5.74) is 3.45. The van der Waals surface area contributed by atoms with Gasteiger partial charge in [0, 0.05) is 12.4 Å². The Hall–Kier alpha value is -1.67. The Kier molecular flexibility index (Phi) is 3.10. The van der Waals surface area contributed by atoms with Gasteiger partial charge in [-0.15, -0.1) is 0 Å². The van der Waals surface area contributed by atoms with Crippen molar-refractivity contribution in [2.45, 2.75) is 13.0 Å². The van der Waals surface area contributed by atoms with Crippen molar-refractivity contribution in [1.29, 1.82) is 0 Å². The van der Waals surface area contributed by atoms with E-state index in [9.17, 15) is 0 Å². The zero-order valence-electron chi connectivity index (χ0n) is 8.43. The third-order valence-corrected chi connectivity index (χ3v) is 2.36. The molecule has 2 nitrogen and oxygen atoms in total. The molecule has 0 bridgehead atoms. The highest BCUT2D eigenvalue weighted by Gasteiger charge is 1.96. The molecule has 76 valence electrons. The summed E-state index contributed by atoms with van der Waals surface area (Å²) >= 11 is 0. The lowest BCUT2D eigenvalue weighted by Gasteiger charge is -2.02. The molecular weight excluding hydrogens is 186 g/mol. The molecule has 0 aliphatic carbocycles. The lowest BCUT2D eigenvalue weighted by molar-refractivity contribution is 0.282. The van der Waals surface area contributed by atoms with Crippen LogP contribution in [0.4, 0.5) is 0 Å². The fraction of sp³-hybridized carbons (Fsp3) is 0.154. The Morgan fingerprint density at radius 2 is 1.33 bits per heavy atom. The van der Waals surface area contributed by atoms with Crippen molar-refractivity contribution in [2.75, 3.05) is 0 Å². The molecule has 15 heavy (non-hydrogen) atoms. The number of aromatic nitrogens is 1. The van der Waals surface area contributed by atoms with Gasteiger partial charge < -0.3 is 5.11 Å². The van der Waals surface area contributed by atoms with Crippen molar-refractivity contribution >= 4 is 0 Å². The van der Waals surface area contributed by atoms with Gasteiger partial charge in [-0.1, -0.05) is 24.3 Å². The molecule has 0 amide bonds. The van der Waals surface area contributed by atoms with Crippen LogP contribution in [0.25, 0.3) is 0 Å². The highest BCUT2D eigenvalue weighted by molar-refractivity contribution is 5.27. The quantitative estimate of drug-likeness (QED) is 0.821. The maximum Gasteiger partial charge on any atom is 0.0681 e. The molecule has 2 rings (SSSR count). The van der Waals surface area contributed by atoms with Gasteiger partial charge in [0.25, 0.3) is 0 Å². The molecule has 0 saturated carbocycles. The summed E-state index contributed by atoms with van der Waals surface area (Å²) in [6.45, 7) is 0.107. The Morgan fingerprint density at radius 1 is 0.800 bits per heavy atom. The first-order chi connectivity index (χ1) is 7.38. The average molecular weight is 199 g/mol. The van der Waals surface area contributed by atoms with Gasteiger partial charge in [0.2, 0.25) is 0 Å². The van der Waals surface area contributed by atoms with Crippen molar-refractivity contribution in [3.63, 3.8) is 0 Å². The van der Waals surface area contributed by atoms with Crippen molar-refractivity contribution < 1.29 is 5.11 Å². The maximum atomic E-state index is 8.91. The van der Waals surface area contributed by atoms with Crippen LogP contribution in [-0.2, 0) is 13.0 Å². The maximum absolute atomic E-state index is 8.91. The largest absolute Gasteiger partial charge is 0.392 e. The third-order valence-electron chi connectivity index (χ3n) is 2.36. The Morgan fingerprint density at radius 3 is 1.93 bits per heavy atom. The molecule has 1 aromatic carbocycles. The van der Waals surface area contributed by atoms with E-state index in [1.807, 2.05) is 36.4 Å². The molecule has 0 fully saturated rings. The van der Waals surface area contributed by atoms with E-state index >= 15 is 0 Å². The molecule has 1 aromatic heterocycles. The number of benzene rings is 1. The van der Waals surface area contributed by atoms with Crippen LogP contribution in [0.15, 0.2) is 48.8 Å². The molecule has 0 aliphatic rings. The standard InChI is InChI=1S/C13H13NO/c15-10-13-3-1-11(2-4-13)9-12-5-7-14-8-6-12/h1-8,15H,9-10H2. The average Bonchev–Trinajstić information content (AvgIpc) is 2.31. The van der Waals surface area contributed by atoms with Gasteiger partial charge in [-0.2, -0.15) is 0 Å². The first-order valence-electron chi connectivity index (χ1n) is 4.96. The van der Waals surface area contributed by atoms with E-state index in [-0.39, 0.29) is 6.61 Å². The van der Waals surface area contributed by atoms with Crippen LogP contribution < -0.4 is 0 Å². The fourth-order valence-corrected chi connectivity index (χ4v) is 1.50. The second-order valence-corrected chi connectivity index (χ2v) is 3.51. The molecule has 0 radical (unpaired) electrons. The molecule has 1 heterocycles. The van der Waals surface area contributed by atoms with Crippen molar-refractivity contribution in [1.82, 2.24) is 4.98 Å². The van der Waals surface area contributed by atoms with E-state index in [2.05, 4.69) is 4.98 Å². The minimum atomic E-state index is 0.107. The van der Waals surface area contributed by atoms with E-state index in [1.165, 1.54) is 11.1 Å². The van der Waals surface area contributed by atoms with E-state index in [1.54, 1.807) is 12.4 Å². The third kappa shape index (κ3) is 2.64. The monoisotopic (exact) mass is 199 g/mol. The summed E-state index contributed by atoms with van der Waals surface area (Å²) in [7, 11) is 0. The van der Waals surface area contributed by atoms with Gasteiger partial charge in [0.1, 0.15) is 0 Å². The molecule has 0 atom stereocenters. The molecule has 0 unspecified atom stereocenters. The normalized spacial score (nSPS) is 10.2. The number of rotatable bonds is 3. The van der Waals surface area contributed by atoms with E-state index in [0.29, 0.717) is 0 Å². The second kappa shape index (κ2) is 4.71. The number of aliphatic hydroxyl groups excluding tert-OH is 1. The minimum Gasteiger partial charge on any atom is -0.392 e. The zero-order chi connectivity index (χ0) is 10.5. The van der Waals surface area contributed by atoms with Crippen LogP contribution in [0, 0.1) is 0 Å². The van der Waals surface area contributed by atoms with Crippen LogP contribution in [0.1, 0.15) is 16.7 Å². The summed E-state index contributed by atoms with van der Waals surface area (Å²) in [4.78, 5) is 3.98. The molecule has 2 aromatic rings. The van der Waals surface area contributed by atoms with Crippen LogP contribution in [0.5, 0.6) is 0 Å². The smallest absolute Gasteiger partial charge is 0.0681 e. The SMILES string of the molecule is OCc1ccc(Cc2ccncc2)cc1. The van der Waals surface area contributed by atoms with Crippen molar-refractivity contribution in [3.05, 3.63) is 65.5 Å². The predicted octanol–water partition coefficient (Wildman–Crippen LogP) is 2.16. The predicted molar refractivity (Wildman–Crippen MR) is 59.4 cm³/mol. The number of aliphatic hydroxyl groups is 1. The van der Waals surface area contributed by atoms with Gasteiger partial charge in [-0.25, -0.2) is 0 Å². The molecular formula is C13H13NO. The van der Waals surface area contributed by atoms with Crippen molar-refractivity contribution in [2.24, 2.45) is 0 Å². The summed E-state index contributed by atoms with van der Waals surface area (Å²) < 4.78 is 0. The first-order valence-corrected chi connectivity index (χ1v) is 4.96. The van der Waals surface area contributed by atoms with E-state index in [4.69, 9.17) is 5.11 Å². The number of nitrogens with zero attached hydrogens (tertiary/aromatic N) is 1. The summed E-state index contributed by atoms with van der Waals surface area (Å²) in [6.07, 6.45) is 4.52. The Balaban J connectivity index is 2.11. The van der Waals surface area contributed by atoms with E-state index < -0.39 is 0 Å². The summed E-state index contributed by atoms with van der Waals surface area (Å²) in [5.74, 6) is 0. The first kappa shape index (κ1) is 9.87. The van der Waals surface area contributed by atoms with Gasteiger partial charge in [-0.05, 0) is 35.2 Å². The van der Waals surface area contributed by atoms with Crippen LogP contribution in [0.2, 0.25) is 0 Å². The number of hydrogen-bond acceptors (Lipinski definition) is 2. The van der Waals surface area contributed by atoms with Crippen LogP contribution in [-0.4, -0.2) is 10.1 Å². The molecule has 0 saturated heterocycles. The number of hydrogen-bond donors (Lipinski definition) is 1. The second-order valence-electron chi connectivity index (χ2n) is 3.51. The Bertz CT molecular complexity index is 408. The lowest BCUT2D eigenvalue weighted by Crippen LogP contribution is -1.89.